The molecule has 2 aliphatic rings. The van der Waals surface area contributed by atoms with Crippen LogP contribution in [0.2, 0.25) is 0 Å². The molecule has 6 nitrogen and oxygen atoms in total. The fraction of sp³-hybridized carbons (Fsp3) is 0.722. The lowest BCUT2D eigenvalue weighted by Gasteiger charge is -2.28. The Morgan fingerprint density at radius 1 is 1.31 bits per heavy atom. The molecule has 1 aliphatic carbocycles. The molecule has 1 N–H and O–H groups in total. The van der Waals surface area contributed by atoms with Crippen LogP contribution in [0.5, 0.6) is 0 Å². The second-order valence-corrected chi connectivity index (χ2v) is 8.15. The van der Waals surface area contributed by atoms with E-state index < -0.39 is 47.2 Å². The number of likely N-dealkylation sites (tertiary alicyclic amines) is 1. The Morgan fingerprint density at radius 2 is 1.92 bits per heavy atom. The van der Waals surface area contributed by atoms with Gasteiger partial charge in [-0.1, -0.05) is 6.08 Å². The van der Waals surface area contributed by atoms with Crippen LogP contribution < -0.4 is 0 Å². The minimum absolute atomic E-state index is 0.131. The van der Waals surface area contributed by atoms with Gasteiger partial charge in [0.25, 0.3) is 0 Å². The number of Topliss-reactive ketones (excluding diaryl/α,β-unsaturated/α-hetero) is 1. The van der Waals surface area contributed by atoms with Crippen molar-refractivity contribution in [3.05, 3.63) is 12.7 Å². The van der Waals surface area contributed by atoms with E-state index in [-0.39, 0.29) is 25.3 Å². The molecule has 0 aromatic carbocycles. The van der Waals surface area contributed by atoms with Gasteiger partial charge in [-0.3, -0.25) is 9.69 Å². The highest BCUT2D eigenvalue weighted by molar-refractivity contribution is 5.86. The molecule has 0 unspecified atom stereocenters. The standard InChI is InChI=1S/C18H25F2NO5/c1-5-7-18(19,20)13(22)6-8-17-9-11(14(23)24)21(12(17)10-17)15(25)26-16(2,3)4/h5,11-12H,1,6-10H2,2-4H3,(H,23,24)/t11-,12+,17-/m0/s1. The highest BCUT2D eigenvalue weighted by atomic mass is 19.3. The number of allylic oxidation sites excluding steroid dienone is 1. The molecule has 0 aromatic heterocycles. The maximum atomic E-state index is 13.6. The molecule has 0 radical (unpaired) electrons. The highest BCUT2D eigenvalue weighted by Gasteiger charge is 2.67. The molecule has 8 heteroatoms. The normalized spacial score (nSPS) is 27.7. The van der Waals surface area contributed by atoms with Crippen LogP contribution in [0.15, 0.2) is 12.7 Å². The third-order valence-electron chi connectivity index (χ3n) is 4.97. The summed E-state index contributed by atoms with van der Waals surface area (Å²) in [5.41, 5.74) is -1.37. The molecule has 0 spiro atoms. The molecule has 1 heterocycles. The number of fused-ring (bicyclic) bond motifs is 1. The van der Waals surface area contributed by atoms with E-state index in [1.165, 1.54) is 4.90 Å². The van der Waals surface area contributed by atoms with E-state index in [1.807, 2.05) is 0 Å². The molecule has 146 valence electrons. The molecule has 2 rings (SSSR count). The first-order chi connectivity index (χ1) is 11.8. The zero-order valence-corrected chi connectivity index (χ0v) is 15.3. The Kier molecular flexibility index (Phi) is 5.18. The maximum Gasteiger partial charge on any atom is 0.411 e. The summed E-state index contributed by atoms with van der Waals surface area (Å²) in [5.74, 6) is -5.80. The summed E-state index contributed by atoms with van der Waals surface area (Å²) in [6.45, 7) is 8.25. The third kappa shape index (κ3) is 4.04. The number of ketones is 1. The molecule has 26 heavy (non-hydrogen) atoms. The summed E-state index contributed by atoms with van der Waals surface area (Å²) in [6.07, 6.45) is -0.0286. The molecule has 1 saturated carbocycles. The van der Waals surface area contributed by atoms with Crippen molar-refractivity contribution in [2.45, 2.75) is 76.5 Å². The van der Waals surface area contributed by atoms with Crippen LogP contribution in [0.1, 0.15) is 52.9 Å². The van der Waals surface area contributed by atoms with Crippen LogP contribution in [0.4, 0.5) is 13.6 Å². The number of aliphatic carboxylic acids is 1. The van der Waals surface area contributed by atoms with Crippen molar-refractivity contribution < 1.29 is 33.0 Å². The molecule has 0 bridgehead atoms. The van der Waals surface area contributed by atoms with Gasteiger partial charge in [0, 0.05) is 18.9 Å². The minimum Gasteiger partial charge on any atom is -0.480 e. The van der Waals surface area contributed by atoms with Gasteiger partial charge < -0.3 is 9.84 Å². The van der Waals surface area contributed by atoms with E-state index >= 15 is 0 Å². The lowest BCUT2D eigenvalue weighted by Crippen LogP contribution is -2.45. The van der Waals surface area contributed by atoms with E-state index in [9.17, 15) is 28.3 Å². The van der Waals surface area contributed by atoms with E-state index in [0.29, 0.717) is 6.42 Å². The summed E-state index contributed by atoms with van der Waals surface area (Å²) in [4.78, 5) is 36.9. The van der Waals surface area contributed by atoms with Crippen LogP contribution in [-0.2, 0) is 14.3 Å². The average Bonchev–Trinajstić information content (AvgIpc) is 3.07. The number of piperidine rings is 1. The maximum absolute atomic E-state index is 13.6. The van der Waals surface area contributed by atoms with Gasteiger partial charge in [-0.2, -0.15) is 8.78 Å². The second-order valence-electron chi connectivity index (χ2n) is 8.15. The van der Waals surface area contributed by atoms with Gasteiger partial charge in [0.1, 0.15) is 11.6 Å². The molecule has 1 amide bonds. The third-order valence-corrected chi connectivity index (χ3v) is 4.97. The van der Waals surface area contributed by atoms with Crippen LogP contribution in [0, 0.1) is 5.41 Å². The first kappa shape index (κ1) is 20.3. The van der Waals surface area contributed by atoms with Gasteiger partial charge in [0.05, 0.1) is 0 Å². The summed E-state index contributed by atoms with van der Waals surface area (Å²) in [6, 6.07) is -1.45. The Morgan fingerprint density at radius 3 is 2.42 bits per heavy atom. The Labute approximate surface area is 151 Å². The molecule has 3 atom stereocenters. The van der Waals surface area contributed by atoms with Gasteiger partial charge in [-0.25, -0.2) is 9.59 Å². The van der Waals surface area contributed by atoms with Crippen molar-refractivity contribution in [3.8, 4) is 0 Å². The van der Waals surface area contributed by atoms with Crippen LogP contribution in [0.3, 0.4) is 0 Å². The predicted molar refractivity (Wildman–Crippen MR) is 89.0 cm³/mol. The predicted octanol–water partition coefficient (Wildman–Crippen LogP) is 3.40. The van der Waals surface area contributed by atoms with Crippen LogP contribution >= 0.6 is 0 Å². The smallest absolute Gasteiger partial charge is 0.411 e. The highest BCUT2D eigenvalue weighted by Crippen LogP contribution is 2.62. The summed E-state index contributed by atoms with van der Waals surface area (Å²) in [7, 11) is 0. The number of alkyl halides is 2. The first-order valence-corrected chi connectivity index (χ1v) is 8.59. The van der Waals surface area contributed by atoms with Crippen molar-refractivity contribution in [3.63, 3.8) is 0 Å². The quantitative estimate of drug-likeness (QED) is 0.692. The SMILES string of the molecule is C=CCC(F)(F)C(=O)CC[C@@]12C[C@@H](C(=O)O)N(C(=O)OC(C)(C)C)[C@@H]1C2. The average molecular weight is 373 g/mol. The lowest BCUT2D eigenvalue weighted by atomic mass is 9.91. The Hall–Kier alpha value is -1.99. The molecule has 0 aromatic rings. The monoisotopic (exact) mass is 373 g/mol. The van der Waals surface area contributed by atoms with Crippen molar-refractivity contribution in [2.75, 3.05) is 0 Å². The van der Waals surface area contributed by atoms with E-state index in [1.54, 1.807) is 20.8 Å². The summed E-state index contributed by atoms with van der Waals surface area (Å²) >= 11 is 0. The van der Waals surface area contributed by atoms with Crippen molar-refractivity contribution in [2.24, 2.45) is 5.41 Å². The minimum atomic E-state index is -3.46. The molecule has 2 fully saturated rings. The van der Waals surface area contributed by atoms with Crippen molar-refractivity contribution >= 4 is 17.8 Å². The summed E-state index contributed by atoms with van der Waals surface area (Å²) < 4.78 is 32.5. The topological polar surface area (TPSA) is 83.9 Å². The van der Waals surface area contributed by atoms with Crippen LogP contribution in [-0.4, -0.2) is 51.5 Å². The zero-order valence-electron chi connectivity index (χ0n) is 15.3. The summed E-state index contributed by atoms with van der Waals surface area (Å²) in [5, 5.41) is 9.41. The lowest BCUT2D eigenvalue weighted by molar-refractivity contribution is -0.143. The van der Waals surface area contributed by atoms with Gasteiger partial charge in [-0.05, 0) is 45.4 Å². The number of ether oxygens (including phenoxy) is 1. The number of halogens is 2. The van der Waals surface area contributed by atoms with Gasteiger partial charge >= 0.3 is 18.0 Å². The number of amides is 1. The number of carboxylic acids is 1. The zero-order chi connectivity index (χ0) is 19.9. The van der Waals surface area contributed by atoms with E-state index in [4.69, 9.17) is 4.74 Å². The Bertz CT molecular complexity index is 628. The van der Waals surface area contributed by atoms with E-state index in [2.05, 4.69) is 6.58 Å². The number of rotatable bonds is 7. The number of carbonyl (C=O) groups is 3. The Balaban J connectivity index is 2.06. The fourth-order valence-electron chi connectivity index (χ4n) is 3.63. The van der Waals surface area contributed by atoms with Gasteiger partial charge in [0.2, 0.25) is 5.78 Å². The van der Waals surface area contributed by atoms with Gasteiger partial charge in [0.15, 0.2) is 0 Å². The number of hydrogen-bond acceptors (Lipinski definition) is 4. The van der Waals surface area contributed by atoms with E-state index in [0.717, 1.165) is 6.08 Å². The molecule has 1 aliphatic heterocycles. The number of carbonyl (C=O) groups excluding carboxylic acids is 2. The fourth-order valence-corrected chi connectivity index (χ4v) is 3.63. The van der Waals surface area contributed by atoms with Crippen molar-refractivity contribution in [1.29, 1.82) is 0 Å². The van der Waals surface area contributed by atoms with Gasteiger partial charge in [-0.15, -0.1) is 6.58 Å². The van der Waals surface area contributed by atoms with Crippen molar-refractivity contribution in [1.82, 2.24) is 4.90 Å². The number of carboxylic acid groups (broad SMARTS) is 1. The molecule has 1 saturated heterocycles. The molecular weight excluding hydrogens is 348 g/mol. The largest absolute Gasteiger partial charge is 0.480 e. The van der Waals surface area contributed by atoms with Crippen LogP contribution in [0.25, 0.3) is 0 Å². The number of nitrogens with zero attached hydrogens (tertiary/aromatic N) is 1. The second kappa shape index (κ2) is 6.63. The molecular formula is C18H25F2NO5. The number of hydrogen-bond donors (Lipinski definition) is 1. The first-order valence-electron chi connectivity index (χ1n) is 8.59.